The molecular weight excluding hydrogens is 350 g/mol. The number of carbonyl (C=O) groups excluding carboxylic acids is 1. The van der Waals surface area contributed by atoms with Crippen LogP contribution in [0.3, 0.4) is 0 Å². The van der Waals surface area contributed by atoms with Crippen LogP contribution in [0.1, 0.15) is 42.7 Å². The first-order valence-corrected chi connectivity index (χ1v) is 9.79. The van der Waals surface area contributed by atoms with Gasteiger partial charge in [-0.05, 0) is 50.6 Å². The van der Waals surface area contributed by atoms with Crippen LogP contribution in [-0.4, -0.2) is 26.4 Å². The van der Waals surface area contributed by atoms with Gasteiger partial charge in [-0.15, -0.1) is 0 Å². The molecule has 6 nitrogen and oxygen atoms in total. The summed E-state index contributed by atoms with van der Waals surface area (Å²) in [6.45, 7) is 5.58. The summed E-state index contributed by atoms with van der Waals surface area (Å²) in [5.41, 5.74) is 6.79. The Hall–Kier alpha value is -2.22. The quantitative estimate of drug-likeness (QED) is 0.720. The van der Waals surface area contributed by atoms with E-state index >= 15 is 0 Å². The highest BCUT2D eigenvalue weighted by Crippen LogP contribution is 2.14. The number of hydrogen-bond donors (Lipinski definition) is 3. The van der Waals surface area contributed by atoms with E-state index in [4.69, 9.17) is 5.73 Å². The average Bonchev–Trinajstić information content (AvgIpc) is 2.58. The van der Waals surface area contributed by atoms with Crippen molar-refractivity contribution < 1.29 is 13.2 Å². The Labute approximate surface area is 154 Å². The molecule has 140 valence electrons. The molecule has 0 radical (unpaired) electrons. The highest BCUT2D eigenvalue weighted by molar-refractivity contribution is 7.89. The van der Waals surface area contributed by atoms with Gasteiger partial charge in [0.25, 0.3) is 5.91 Å². The van der Waals surface area contributed by atoms with Gasteiger partial charge >= 0.3 is 0 Å². The average molecular weight is 375 g/mol. The first-order chi connectivity index (χ1) is 12.1. The molecule has 2 aromatic carbocycles. The van der Waals surface area contributed by atoms with E-state index in [9.17, 15) is 13.2 Å². The van der Waals surface area contributed by atoms with E-state index in [1.165, 1.54) is 24.3 Å². The maximum Gasteiger partial charge on any atom is 0.251 e. The Bertz CT molecular complexity index is 842. The Morgan fingerprint density at radius 1 is 1.04 bits per heavy atom. The highest BCUT2D eigenvalue weighted by Gasteiger charge is 2.22. The van der Waals surface area contributed by atoms with Crippen molar-refractivity contribution in [2.24, 2.45) is 5.73 Å². The summed E-state index contributed by atoms with van der Waals surface area (Å²) in [7, 11) is -3.62. The van der Waals surface area contributed by atoms with Gasteiger partial charge in [-0.3, -0.25) is 4.79 Å². The minimum atomic E-state index is -3.62. The van der Waals surface area contributed by atoms with Crippen LogP contribution in [0.4, 0.5) is 0 Å². The third-order valence-corrected chi connectivity index (χ3v) is 5.35. The van der Waals surface area contributed by atoms with Crippen molar-refractivity contribution >= 4 is 15.9 Å². The number of nitrogens with one attached hydrogen (secondary N) is 2. The molecule has 0 heterocycles. The van der Waals surface area contributed by atoms with Gasteiger partial charge in [-0.25, -0.2) is 13.1 Å². The monoisotopic (exact) mass is 375 g/mol. The highest BCUT2D eigenvalue weighted by atomic mass is 32.2. The molecule has 7 heteroatoms. The van der Waals surface area contributed by atoms with E-state index in [0.717, 1.165) is 5.56 Å². The molecular formula is C19H25N3O3S. The third-order valence-electron chi connectivity index (χ3n) is 3.58. The second-order valence-electron chi connectivity index (χ2n) is 7.11. The normalized spacial score (nSPS) is 13.2. The third kappa shape index (κ3) is 5.66. The van der Waals surface area contributed by atoms with Crippen LogP contribution in [0.15, 0.2) is 59.5 Å². The molecule has 0 spiro atoms. The van der Waals surface area contributed by atoms with Gasteiger partial charge in [-0.2, -0.15) is 0 Å². The Kier molecular flexibility index (Phi) is 6.17. The summed E-state index contributed by atoms with van der Waals surface area (Å²) >= 11 is 0. The first-order valence-electron chi connectivity index (χ1n) is 8.31. The van der Waals surface area contributed by atoms with Gasteiger partial charge in [0, 0.05) is 23.7 Å². The van der Waals surface area contributed by atoms with Crippen LogP contribution in [0.2, 0.25) is 0 Å². The molecule has 0 saturated carbocycles. The fourth-order valence-electron chi connectivity index (χ4n) is 2.37. The standard InChI is InChI=1S/C19H25N3O3S/c1-19(2,3)22-26(24,25)16-11-9-15(10-12-16)18(23)21-13-17(20)14-7-5-4-6-8-14/h4-12,17,22H,13,20H2,1-3H3,(H,21,23). The maximum atomic E-state index is 12.3. The zero-order valence-corrected chi connectivity index (χ0v) is 16.0. The fourth-order valence-corrected chi connectivity index (χ4v) is 3.79. The van der Waals surface area contributed by atoms with E-state index < -0.39 is 15.6 Å². The molecule has 0 bridgehead atoms. The number of carbonyl (C=O) groups is 1. The summed E-state index contributed by atoms with van der Waals surface area (Å²) in [4.78, 5) is 12.4. The number of nitrogens with two attached hydrogens (primary N) is 1. The molecule has 4 N–H and O–H groups in total. The van der Waals surface area contributed by atoms with Crippen LogP contribution >= 0.6 is 0 Å². The molecule has 26 heavy (non-hydrogen) atoms. The number of amides is 1. The van der Waals surface area contributed by atoms with Gasteiger partial charge < -0.3 is 11.1 Å². The molecule has 0 aliphatic rings. The summed E-state index contributed by atoms with van der Waals surface area (Å²) in [5, 5.41) is 2.76. The van der Waals surface area contributed by atoms with Crippen LogP contribution in [0.25, 0.3) is 0 Å². The molecule has 2 rings (SSSR count). The molecule has 1 atom stereocenters. The first kappa shape index (κ1) is 20.1. The zero-order valence-electron chi connectivity index (χ0n) is 15.2. The topological polar surface area (TPSA) is 101 Å². The van der Waals surface area contributed by atoms with Crippen molar-refractivity contribution in [1.82, 2.24) is 10.0 Å². The lowest BCUT2D eigenvalue weighted by Crippen LogP contribution is -2.40. The molecule has 0 fully saturated rings. The second-order valence-corrected chi connectivity index (χ2v) is 8.79. The Balaban J connectivity index is 2.00. The number of sulfonamides is 1. The van der Waals surface area contributed by atoms with Crippen molar-refractivity contribution in [3.05, 3.63) is 65.7 Å². The largest absolute Gasteiger partial charge is 0.350 e. The molecule has 1 amide bonds. The molecule has 0 aromatic heterocycles. The predicted molar refractivity (Wildman–Crippen MR) is 102 cm³/mol. The van der Waals surface area contributed by atoms with E-state index in [-0.39, 0.29) is 23.4 Å². The Morgan fingerprint density at radius 3 is 2.15 bits per heavy atom. The second kappa shape index (κ2) is 7.99. The molecule has 0 aliphatic carbocycles. The summed E-state index contributed by atoms with van der Waals surface area (Å²) in [6.07, 6.45) is 0. The van der Waals surface area contributed by atoms with Gasteiger partial charge in [0.2, 0.25) is 10.0 Å². The lowest BCUT2D eigenvalue weighted by atomic mass is 10.1. The molecule has 2 aromatic rings. The predicted octanol–water partition coefficient (Wildman–Crippen LogP) is 2.19. The molecule has 0 aliphatic heterocycles. The lowest BCUT2D eigenvalue weighted by Gasteiger charge is -2.20. The van der Waals surface area contributed by atoms with E-state index in [2.05, 4.69) is 10.0 Å². The summed E-state index contributed by atoms with van der Waals surface area (Å²) in [6, 6.07) is 15.0. The zero-order chi connectivity index (χ0) is 19.4. The van der Waals surface area contributed by atoms with E-state index in [1.807, 2.05) is 30.3 Å². The number of hydrogen-bond acceptors (Lipinski definition) is 4. The lowest BCUT2D eigenvalue weighted by molar-refractivity contribution is 0.0951. The fraction of sp³-hybridized carbons (Fsp3) is 0.316. The van der Waals surface area contributed by atoms with Gasteiger partial charge in [0.15, 0.2) is 0 Å². The van der Waals surface area contributed by atoms with Crippen molar-refractivity contribution in [2.45, 2.75) is 37.2 Å². The van der Waals surface area contributed by atoms with Gasteiger partial charge in [0.05, 0.1) is 4.90 Å². The summed E-state index contributed by atoms with van der Waals surface area (Å²) in [5.74, 6) is -0.302. The summed E-state index contributed by atoms with van der Waals surface area (Å²) < 4.78 is 27.1. The van der Waals surface area contributed by atoms with E-state index in [0.29, 0.717) is 5.56 Å². The number of rotatable bonds is 6. The van der Waals surface area contributed by atoms with Crippen LogP contribution in [0.5, 0.6) is 0 Å². The van der Waals surface area contributed by atoms with Crippen molar-refractivity contribution in [1.29, 1.82) is 0 Å². The smallest absolute Gasteiger partial charge is 0.251 e. The maximum absolute atomic E-state index is 12.3. The van der Waals surface area contributed by atoms with Crippen molar-refractivity contribution in [3.8, 4) is 0 Å². The minimum Gasteiger partial charge on any atom is -0.350 e. The van der Waals surface area contributed by atoms with Crippen molar-refractivity contribution in [3.63, 3.8) is 0 Å². The van der Waals surface area contributed by atoms with Crippen LogP contribution in [0, 0.1) is 0 Å². The van der Waals surface area contributed by atoms with E-state index in [1.54, 1.807) is 20.8 Å². The van der Waals surface area contributed by atoms with Crippen molar-refractivity contribution in [2.75, 3.05) is 6.54 Å². The van der Waals surface area contributed by atoms with Gasteiger partial charge in [0.1, 0.15) is 0 Å². The molecule has 0 saturated heterocycles. The molecule has 1 unspecified atom stereocenters. The number of benzene rings is 2. The SMILES string of the molecule is CC(C)(C)NS(=O)(=O)c1ccc(C(=O)NCC(N)c2ccccc2)cc1. The minimum absolute atomic E-state index is 0.116. The van der Waals surface area contributed by atoms with Crippen LogP contribution < -0.4 is 15.8 Å². The van der Waals surface area contributed by atoms with Crippen LogP contribution in [-0.2, 0) is 10.0 Å². The van der Waals surface area contributed by atoms with Gasteiger partial charge in [-0.1, -0.05) is 30.3 Å². The Morgan fingerprint density at radius 2 is 1.62 bits per heavy atom.